The van der Waals surface area contributed by atoms with Crippen molar-refractivity contribution in [1.29, 1.82) is 0 Å². The molecule has 39 heavy (non-hydrogen) atoms. The largest absolute Gasteiger partial charge is 0.335 e. The first kappa shape index (κ1) is 24.5. The molecule has 7 rings (SSSR count). The number of nitrogens with zero attached hydrogens (tertiary/aromatic N) is 4. The summed E-state index contributed by atoms with van der Waals surface area (Å²) in [6, 6.07) is 26.8. The molecule has 0 N–H and O–H groups in total. The molecule has 6 aromatic rings. The minimum atomic E-state index is 0.134. The quantitative estimate of drug-likeness (QED) is 0.215. The van der Waals surface area contributed by atoms with E-state index in [9.17, 15) is 4.79 Å². The van der Waals surface area contributed by atoms with Crippen LogP contribution in [0.5, 0.6) is 0 Å². The Morgan fingerprint density at radius 3 is 2.46 bits per heavy atom. The lowest BCUT2D eigenvalue weighted by molar-refractivity contribution is 0.0631. The van der Waals surface area contributed by atoms with Gasteiger partial charge in [-0.1, -0.05) is 48.0 Å². The number of carbonyl (C=O) groups excluding carboxylic acids is 1. The Hall–Kier alpha value is -3.49. The monoisotopic (exact) mass is 568 g/mol. The van der Waals surface area contributed by atoms with Gasteiger partial charge in [0.1, 0.15) is 5.65 Å². The van der Waals surface area contributed by atoms with Crippen LogP contribution in [-0.2, 0) is 6.54 Å². The van der Waals surface area contributed by atoms with Crippen molar-refractivity contribution < 1.29 is 4.79 Å². The van der Waals surface area contributed by atoms with Crippen molar-refractivity contribution in [3.63, 3.8) is 0 Å². The molecular formula is C31H25ClN4OS2. The predicted molar refractivity (Wildman–Crippen MR) is 162 cm³/mol. The summed E-state index contributed by atoms with van der Waals surface area (Å²) in [7, 11) is 0. The lowest BCUT2D eigenvalue weighted by Gasteiger charge is -2.34. The maximum atomic E-state index is 12.9. The van der Waals surface area contributed by atoms with Gasteiger partial charge in [-0.2, -0.15) is 0 Å². The van der Waals surface area contributed by atoms with Gasteiger partial charge in [-0.05, 0) is 53.2 Å². The zero-order valence-electron chi connectivity index (χ0n) is 21.1. The molecule has 0 spiro atoms. The maximum absolute atomic E-state index is 12.9. The highest BCUT2D eigenvalue weighted by molar-refractivity contribution is 7.22. The van der Waals surface area contributed by atoms with Crippen molar-refractivity contribution in [2.24, 2.45) is 0 Å². The summed E-state index contributed by atoms with van der Waals surface area (Å²) in [5.74, 6) is 0.134. The molecule has 0 unspecified atom stereocenters. The summed E-state index contributed by atoms with van der Waals surface area (Å²) in [5.41, 5.74) is 5.27. The number of piperazine rings is 1. The summed E-state index contributed by atoms with van der Waals surface area (Å²) in [6.07, 6.45) is 2.22. The molecule has 0 bridgehead atoms. The Kier molecular flexibility index (Phi) is 6.45. The van der Waals surface area contributed by atoms with Gasteiger partial charge in [-0.3, -0.25) is 9.69 Å². The van der Waals surface area contributed by atoms with E-state index in [1.54, 1.807) is 0 Å². The summed E-state index contributed by atoms with van der Waals surface area (Å²) >= 11 is 9.53. The highest BCUT2D eigenvalue weighted by Gasteiger charge is 2.25. The van der Waals surface area contributed by atoms with E-state index < -0.39 is 0 Å². The van der Waals surface area contributed by atoms with E-state index >= 15 is 0 Å². The lowest BCUT2D eigenvalue weighted by atomic mass is 10.1. The number of rotatable bonds is 5. The molecule has 8 heteroatoms. The average molecular weight is 569 g/mol. The van der Waals surface area contributed by atoms with E-state index in [0.29, 0.717) is 5.02 Å². The second-order valence-electron chi connectivity index (χ2n) is 9.75. The smallest absolute Gasteiger partial charge is 0.264 e. The molecular weight excluding hydrogens is 544 g/mol. The Morgan fingerprint density at radius 2 is 1.69 bits per heavy atom. The molecule has 194 valence electrons. The summed E-state index contributed by atoms with van der Waals surface area (Å²) < 4.78 is 3.53. The van der Waals surface area contributed by atoms with E-state index in [-0.39, 0.29) is 5.91 Å². The topological polar surface area (TPSA) is 40.9 Å². The van der Waals surface area contributed by atoms with E-state index in [0.717, 1.165) is 60.2 Å². The lowest BCUT2D eigenvalue weighted by Crippen LogP contribution is -2.48. The third kappa shape index (κ3) is 4.76. The van der Waals surface area contributed by atoms with Gasteiger partial charge in [0.25, 0.3) is 5.91 Å². The molecule has 5 heterocycles. The van der Waals surface area contributed by atoms with Gasteiger partial charge >= 0.3 is 0 Å². The molecule has 0 aliphatic carbocycles. The first-order chi connectivity index (χ1) is 19.1. The Bertz CT molecular complexity index is 1750. The summed E-state index contributed by atoms with van der Waals surface area (Å²) in [6.45, 7) is 3.82. The Morgan fingerprint density at radius 1 is 0.897 bits per heavy atom. The second-order valence-corrected chi connectivity index (χ2v) is 12.2. The van der Waals surface area contributed by atoms with Gasteiger partial charge in [0, 0.05) is 64.6 Å². The maximum Gasteiger partial charge on any atom is 0.264 e. The van der Waals surface area contributed by atoms with E-state index in [4.69, 9.17) is 16.6 Å². The van der Waals surface area contributed by atoms with Crippen molar-refractivity contribution in [2.75, 3.05) is 26.2 Å². The first-order valence-corrected chi connectivity index (χ1v) is 15.0. The highest BCUT2D eigenvalue weighted by Crippen LogP contribution is 2.35. The predicted octanol–water partition coefficient (Wildman–Crippen LogP) is 7.56. The van der Waals surface area contributed by atoms with Gasteiger partial charge in [0.2, 0.25) is 0 Å². The fourth-order valence-corrected chi connectivity index (χ4v) is 7.10. The number of imidazole rings is 1. The molecule has 4 aromatic heterocycles. The SMILES string of the molecule is O=C(c1cccs1)N1CCN(Cc2c(-c3ccc(Cl)cc3)nc3ccc(-c4cc5ccccc5s4)cn23)CC1. The van der Waals surface area contributed by atoms with Crippen molar-refractivity contribution in [1.82, 2.24) is 19.2 Å². The van der Waals surface area contributed by atoms with Gasteiger partial charge in [0.05, 0.1) is 16.3 Å². The fourth-order valence-electron chi connectivity index (χ4n) is 5.23. The van der Waals surface area contributed by atoms with Crippen LogP contribution in [0.1, 0.15) is 15.4 Å². The van der Waals surface area contributed by atoms with Crippen molar-refractivity contribution in [3.8, 4) is 21.7 Å². The van der Waals surface area contributed by atoms with E-state index in [2.05, 4.69) is 58.0 Å². The minimum absolute atomic E-state index is 0.134. The number of fused-ring (bicyclic) bond motifs is 2. The standard InChI is InChI=1S/C31H25ClN4OS2/c32-24-10-7-21(8-11-24)30-25(20-34-13-15-35(16-14-34)31(37)27-6-3-17-38-27)36-19-23(9-12-29(36)33-30)28-18-22-4-1-2-5-26(22)39-28/h1-12,17-19H,13-16,20H2. The molecule has 0 saturated carbocycles. The summed E-state index contributed by atoms with van der Waals surface area (Å²) in [5, 5.41) is 3.93. The molecule has 1 saturated heterocycles. The fraction of sp³-hybridized carbons (Fsp3) is 0.161. The molecule has 1 aliphatic heterocycles. The minimum Gasteiger partial charge on any atom is -0.335 e. The number of carbonyl (C=O) groups is 1. The second kappa shape index (κ2) is 10.2. The van der Waals surface area contributed by atoms with E-state index in [1.165, 1.54) is 31.9 Å². The highest BCUT2D eigenvalue weighted by atomic mass is 35.5. The van der Waals surface area contributed by atoms with Crippen LogP contribution in [0.25, 0.3) is 37.4 Å². The first-order valence-electron chi connectivity index (χ1n) is 12.9. The van der Waals surface area contributed by atoms with Gasteiger partial charge in [-0.25, -0.2) is 4.98 Å². The number of amides is 1. The van der Waals surface area contributed by atoms with Gasteiger partial charge in [0.15, 0.2) is 0 Å². The number of hydrogen-bond donors (Lipinski definition) is 0. The number of aromatic nitrogens is 2. The Labute approximate surface area is 239 Å². The van der Waals surface area contributed by atoms with Crippen molar-refractivity contribution >= 4 is 55.9 Å². The normalized spacial score (nSPS) is 14.4. The average Bonchev–Trinajstić information content (AvgIpc) is 3.73. The number of hydrogen-bond acceptors (Lipinski definition) is 5. The zero-order valence-corrected chi connectivity index (χ0v) is 23.5. The molecule has 2 aromatic carbocycles. The molecule has 0 radical (unpaired) electrons. The van der Waals surface area contributed by atoms with Crippen LogP contribution >= 0.6 is 34.3 Å². The molecule has 1 fully saturated rings. The number of pyridine rings is 1. The number of thiophene rings is 2. The third-order valence-corrected chi connectivity index (χ3v) is 9.58. The molecule has 1 amide bonds. The molecule has 1 aliphatic rings. The van der Waals surface area contributed by atoms with Gasteiger partial charge < -0.3 is 9.30 Å². The van der Waals surface area contributed by atoms with Crippen molar-refractivity contribution in [2.45, 2.75) is 6.54 Å². The molecule has 0 atom stereocenters. The van der Waals surface area contributed by atoms with Crippen LogP contribution < -0.4 is 0 Å². The number of halogens is 1. The third-order valence-electron chi connectivity index (χ3n) is 7.31. The van der Waals surface area contributed by atoms with Crippen LogP contribution in [0.15, 0.2) is 90.4 Å². The van der Waals surface area contributed by atoms with Crippen LogP contribution in [0.4, 0.5) is 0 Å². The van der Waals surface area contributed by atoms with Crippen LogP contribution in [0.3, 0.4) is 0 Å². The zero-order chi connectivity index (χ0) is 26.3. The summed E-state index contributed by atoms with van der Waals surface area (Å²) in [4.78, 5) is 24.4. The van der Waals surface area contributed by atoms with Crippen LogP contribution in [0, 0.1) is 0 Å². The van der Waals surface area contributed by atoms with E-state index in [1.807, 2.05) is 58.0 Å². The Balaban J connectivity index is 1.23. The molecule has 5 nitrogen and oxygen atoms in total. The van der Waals surface area contributed by atoms with Crippen LogP contribution in [0.2, 0.25) is 5.02 Å². The van der Waals surface area contributed by atoms with Crippen molar-refractivity contribution in [3.05, 3.63) is 106 Å². The van der Waals surface area contributed by atoms with Gasteiger partial charge in [-0.15, -0.1) is 22.7 Å². The van der Waals surface area contributed by atoms with Crippen LogP contribution in [-0.4, -0.2) is 51.3 Å². The number of benzene rings is 2.